The Morgan fingerprint density at radius 3 is 2.10 bits per heavy atom. The van der Waals surface area contributed by atoms with Crippen molar-refractivity contribution in [2.75, 3.05) is 0 Å². The maximum absolute atomic E-state index is 5.66. The molecule has 1 heterocycles. The van der Waals surface area contributed by atoms with Crippen LogP contribution in [0.5, 0.6) is 0 Å². The smallest absolute Gasteiger partial charge is 0.122 e. The van der Waals surface area contributed by atoms with Crippen LogP contribution in [0.1, 0.15) is 5.82 Å². The molecule has 0 unspecified atom stereocenters. The van der Waals surface area contributed by atoms with Crippen molar-refractivity contribution in [3.63, 3.8) is 0 Å². The van der Waals surface area contributed by atoms with Crippen LogP contribution in [0.4, 0.5) is 0 Å². The summed E-state index contributed by atoms with van der Waals surface area (Å²) in [4.78, 5) is 4.54. The van der Waals surface area contributed by atoms with E-state index in [0.29, 0.717) is 6.54 Å². The lowest BCUT2D eigenvalue weighted by atomic mass is 10.0. The zero-order valence-electron chi connectivity index (χ0n) is 11.5. The molecule has 0 aliphatic heterocycles. The number of aryl methyl sites for hydroxylation is 1. The Kier molecular flexibility index (Phi) is 3.35. The van der Waals surface area contributed by atoms with Crippen LogP contribution in [-0.2, 0) is 13.6 Å². The van der Waals surface area contributed by atoms with E-state index in [9.17, 15) is 0 Å². The Morgan fingerprint density at radius 2 is 1.50 bits per heavy atom. The van der Waals surface area contributed by atoms with E-state index in [1.807, 2.05) is 23.9 Å². The predicted octanol–water partition coefficient (Wildman–Crippen LogP) is 3.21. The van der Waals surface area contributed by atoms with Gasteiger partial charge in [0.15, 0.2) is 0 Å². The molecule has 3 heteroatoms. The Labute approximate surface area is 118 Å². The lowest BCUT2D eigenvalue weighted by Gasteiger charge is -2.02. The van der Waals surface area contributed by atoms with Gasteiger partial charge in [-0.15, -0.1) is 0 Å². The summed E-state index contributed by atoms with van der Waals surface area (Å²) in [6.07, 6.45) is 2.01. The van der Waals surface area contributed by atoms with Gasteiger partial charge in [0.2, 0.25) is 0 Å². The highest BCUT2D eigenvalue weighted by atomic mass is 15.1. The van der Waals surface area contributed by atoms with Crippen LogP contribution in [0.3, 0.4) is 0 Å². The van der Waals surface area contributed by atoms with Crippen molar-refractivity contribution >= 4 is 0 Å². The van der Waals surface area contributed by atoms with E-state index in [-0.39, 0.29) is 0 Å². The van der Waals surface area contributed by atoms with Gasteiger partial charge in [-0.1, -0.05) is 54.6 Å². The van der Waals surface area contributed by atoms with E-state index in [1.54, 1.807) is 0 Å². The third-order valence-electron chi connectivity index (χ3n) is 3.44. The molecule has 0 aliphatic rings. The first-order valence-corrected chi connectivity index (χ1v) is 6.66. The lowest BCUT2D eigenvalue weighted by Crippen LogP contribution is -2.03. The van der Waals surface area contributed by atoms with Crippen LogP contribution in [0.2, 0.25) is 0 Å². The zero-order chi connectivity index (χ0) is 13.9. The molecule has 0 amide bonds. The number of imidazole rings is 1. The van der Waals surface area contributed by atoms with Crippen LogP contribution >= 0.6 is 0 Å². The molecule has 100 valence electrons. The zero-order valence-corrected chi connectivity index (χ0v) is 11.5. The number of nitrogens with zero attached hydrogens (tertiary/aromatic N) is 2. The summed E-state index contributed by atoms with van der Waals surface area (Å²) in [6.45, 7) is 0.457. The summed E-state index contributed by atoms with van der Waals surface area (Å²) >= 11 is 0. The maximum atomic E-state index is 5.66. The fraction of sp³-hybridized carbons (Fsp3) is 0.118. The summed E-state index contributed by atoms with van der Waals surface area (Å²) < 4.78 is 1.97. The van der Waals surface area contributed by atoms with E-state index in [0.717, 1.165) is 17.1 Å². The van der Waals surface area contributed by atoms with Gasteiger partial charge in [0.25, 0.3) is 0 Å². The van der Waals surface area contributed by atoms with Crippen molar-refractivity contribution in [2.24, 2.45) is 12.8 Å². The fourth-order valence-corrected chi connectivity index (χ4v) is 2.30. The quantitative estimate of drug-likeness (QED) is 0.788. The van der Waals surface area contributed by atoms with Crippen LogP contribution in [0.15, 0.2) is 60.8 Å². The van der Waals surface area contributed by atoms with E-state index in [4.69, 9.17) is 5.73 Å². The molecule has 0 saturated carbocycles. The Balaban J connectivity index is 1.93. The van der Waals surface area contributed by atoms with Crippen LogP contribution in [-0.4, -0.2) is 9.55 Å². The summed E-state index contributed by atoms with van der Waals surface area (Å²) in [6, 6.07) is 18.8. The van der Waals surface area contributed by atoms with Crippen LogP contribution < -0.4 is 5.73 Å². The first-order valence-electron chi connectivity index (χ1n) is 6.66. The van der Waals surface area contributed by atoms with Crippen molar-refractivity contribution in [1.29, 1.82) is 0 Å². The van der Waals surface area contributed by atoms with Gasteiger partial charge in [-0.2, -0.15) is 0 Å². The van der Waals surface area contributed by atoms with Gasteiger partial charge in [0.1, 0.15) is 5.82 Å². The summed E-state index contributed by atoms with van der Waals surface area (Å²) in [5.74, 6) is 0.895. The largest absolute Gasteiger partial charge is 0.336 e. The topological polar surface area (TPSA) is 43.8 Å². The average Bonchev–Trinajstić information content (AvgIpc) is 2.89. The highest BCUT2D eigenvalue weighted by Gasteiger charge is 2.06. The molecule has 0 aliphatic carbocycles. The second-order valence-electron chi connectivity index (χ2n) is 4.80. The highest BCUT2D eigenvalue weighted by molar-refractivity contribution is 5.68. The number of hydrogen-bond donors (Lipinski definition) is 1. The molecule has 3 rings (SSSR count). The maximum Gasteiger partial charge on any atom is 0.122 e. The molecular formula is C17H17N3. The highest BCUT2D eigenvalue weighted by Crippen LogP contribution is 2.24. The Bertz CT molecular complexity index is 697. The standard InChI is InChI=1S/C17H17N3/c1-20-12-16(19-17(20)11-18)15-9-7-14(8-10-15)13-5-3-2-4-6-13/h2-10,12H,11,18H2,1H3. The van der Waals surface area contributed by atoms with Crippen molar-refractivity contribution in [3.05, 3.63) is 66.6 Å². The molecule has 2 N–H and O–H groups in total. The predicted molar refractivity (Wildman–Crippen MR) is 82.0 cm³/mol. The molecule has 0 spiro atoms. The van der Waals surface area contributed by atoms with Crippen molar-refractivity contribution in [3.8, 4) is 22.4 Å². The van der Waals surface area contributed by atoms with Gasteiger partial charge in [0, 0.05) is 18.8 Å². The summed E-state index contributed by atoms with van der Waals surface area (Å²) in [5, 5.41) is 0. The van der Waals surface area contributed by atoms with E-state index in [1.165, 1.54) is 11.1 Å². The Morgan fingerprint density at radius 1 is 0.900 bits per heavy atom. The number of aromatic nitrogens is 2. The third-order valence-corrected chi connectivity index (χ3v) is 3.44. The summed E-state index contributed by atoms with van der Waals surface area (Å²) in [7, 11) is 1.97. The minimum Gasteiger partial charge on any atom is -0.336 e. The van der Waals surface area contributed by atoms with Crippen molar-refractivity contribution in [2.45, 2.75) is 6.54 Å². The Hall–Kier alpha value is -2.39. The molecule has 0 bridgehead atoms. The molecular weight excluding hydrogens is 246 g/mol. The van der Waals surface area contributed by atoms with Gasteiger partial charge < -0.3 is 10.3 Å². The van der Waals surface area contributed by atoms with Gasteiger partial charge in [-0.3, -0.25) is 0 Å². The van der Waals surface area contributed by atoms with Crippen molar-refractivity contribution in [1.82, 2.24) is 9.55 Å². The van der Waals surface area contributed by atoms with Crippen LogP contribution in [0.25, 0.3) is 22.4 Å². The molecule has 20 heavy (non-hydrogen) atoms. The second kappa shape index (κ2) is 5.31. The van der Waals surface area contributed by atoms with Crippen LogP contribution in [0, 0.1) is 0 Å². The fourth-order valence-electron chi connectivity index (χ4n) is 2.30. The monoisotopic (exact) mass is 263 g/mol. The average molecular weight is 263 g/mol. The molecule has 1 aromatic heterocycles. The second-order valence-corrected chi connectivity index (χ2v) is 4.80. The van der Waals surface area contributed by atoms with Crippen molar-refractivity contribution < 1.29 is 0 Å². The minimum atomic E-state index is 0.457. The minimum absolute atomic E-state index is 0.457. The van der Waals surface area contributed by atoms with E-state index >= 15 is 0 Å². The molecule has 0 saturated heterocycles. The van der Waals surface area contributed by atoms with Gasteiger partial charge in [-0.05, 0) is 11.1 Å². The van der Waals surface area contributed by atoms with Gasteiger partial charge >= 0.3 is 0 Å². The van der Waals surface area contributed by atoms with E-state index in [2.05, 4.69) is 53.5 Å². The first-order chi connectivity index (χ1) is 9.78. The number of nitrogens with two attached hydrogens (primary N) is 1. The number of benzene rings is 2. The number of rotatable bonds is 3. The first kappa shape index (κ1) is 12.6. The van der Waals surface area contributed by atoms with E-state index < -0.39 is 0 Å². The molecule has 3 aromatic rings. The third kappa shape index (κ3) is 2.36. The SMILES string of the molecule is Cn1cc(-c2ccc(-c3ccccc3)cc2)nc1CN. The normalized spacial score (nSPS) is 10.7. The van der Waals surface area contributed by atoms with Gasteiger partial charge in [0.05, 0.1) is 12.2 Å². The summed E-state index contributed by atoms with van der Waals surface area (Å²) in [5.41, 5.74) is 10.2. The van der Waals surface area contributed by atoms with Gasteiger partial charge in [-0.25, -0.2) is 4.98 Å². The number of hydrogen-bond acceptors (Lipinski definition) is 2. The molecule has 0 fully saturated rings. The molecule has 0 atom stereocenters. The molecule has 3 nitrogen and oxygen atoms in total. The lowest BCUT2D eigenvalue weighted by molar-refractivity contribution is 0.794. The molecule has 2 aromatic carbocycles. The molecule has 0 radical (unpaired) electrons.